The molecule has 0 heterocycles. The van der Waals surface area contributed by atoms with E-state index in [0.717, 1.165) is 70.6 Å². The van der Waals surface area contributed by atoms with Crippen molar-refractivity contribution >= 4 is 11.9 Å². The molecule has 0 aromatic carbocycles. The van der Waals surface area contributed by atoms with E-state index in [9.17, 15) is 19.8 Å². The zero-order chi connectivity index (χ0) is 52.9. The van der Waals surface area contributed by atoms with Gasteiger partial charge in [-0.2, -0.15) is 0 Å². The van der Waals surface area contributed by atoms with Gasteiger partial charge < -0.3 is 20.3 Å². The van der Waals surface area contributed by atoms with Gasteiger partial charge in [0.25, 0.3) is 0 Å². The number of hydrogen-bond acceptors (Lipinski definition) is 5. The first-order valence-electron chi connectivity index (χ1n) is 32.4. The van der Waals surface area contributed by atoms with Crippen molar-refractivity contribution in [1.29, 1.82) is 0 Å². The highest BCUT2D eigenvalue weighted by molar-refractivity contribution is 5.76. The summed E-state index contributed by atoms with van der Waals surface area (Å²) in [7, 11) is 0. The Bertz CT molecular complexity index is 1230. The normalized spacial score (nSPS) is 12.9. The highest BCUT2D eigenvalue weighted by atomic mass is 16.5. The van der Waals surface area contributed by atoms with E-state index in [0.29, 0.717) is 19.4 Å². The van der Waals surface area contributed by atoms with E-state index in [-0.39, 0.29) is 18.5 Å². The smallest absolute Gasteiger partial charge is 0.305 e. The maximum atomic E-state index is 12.5. The zero-order valence-electron chi connectivity index (χ0n) is 48.9. The molecule has 0 bridgehead atoms. The molecular weight excluding hydrogens is 899 g/mol. The van der Waals surface area contributed by atoms with Gasteiger partial charge >= 0.3 is 5.97 Å². The number of carbonyl (C=O) groups excluding carboxylic acids is 2. The third-order valence-electron chi connectivity index (χ3n) is 14.8. The van der Waals surface area contributed by atoms with Gasteiger partial charge in [-0.05, 0) is 83.5 Å². The van der Waals surface area contributed by atoms with Gasteiger partial charge in [0.15, 0.2) is 0 Å². The molecule has 3 N–H and O–H groups in total. The third-order valence-corrected chi connectivity index (χ3v) is 14.8. The number of hydrogen-bond donors (Lipinski definition) is 3. The summed E-state index contributed by atoms with van der Waals surface area (Å²) >= 11 is 0. The molecule has 1 amide bonds. The van der Waals surface area contributed by atoms with Crippen LogP contribution in [0.5, 0.6) is 0 Å². The molecule has 0 radical (unpaired) electrons. The van der Waals surface area contributed by atoms with E-state index in [1.165, 1.54) is 244 Å². The molecule has 0 aliphatic carbocycles. The van der Waals surface area contributed by atoms with Gasteiger partial charge in [-0.25, -0.2) is 0 Å². The van der Waals surface area contributed by atoms with Gasteiger partial charge in [-0.1, -0.05) is 294 Å². The molecule has 0 rings (SSSR count). The van der Waals surface area contributed by atoms with Crippen LogP contribution in [0.15, 0.2) is 48.6 Å². The predicted molar refractivity (Wildman–Crippen MR) is 319 cm³/mol. The molecule has 0 aromatic rings. The second-order valence-corrected chi connectivity index (χ2v) is 22.1. The molecule has 2 atom stereocenters. The number of unbranched alkanes of at least 4 members (excludes halogenated alkanes) is 43. The number of aliphatic hydroxyl groups excluding tert-OH is 2. The molecular formula is C67H125NO5. The fourth-order valence-corrected chi connectivity index (χ4v) is 9.82. The second-order valence-electron chi connectivity index (χ2n) is 22.1. The van der Waals surface area contributed by atoms with E-state index in [2.05, 4.69) is 55.6 Å². The van der Waals surface area contributed by atoms with E-state index in [1.807, 2.05) is 6.08 Å². The number of rotatable bonds is 60. The molecule has 0 fully saturated rings. The van der Waals surface area contributed by atoms with Crippen LogP contribution in [0.3, 0.4) is 0 Å². The van der Waals surface area contributed by atoms with Crippen molar-refractivity contribution < 1.29 is 24.5 Å². The van der Waals surface area contributed by atoms with Gasteiger partial charge in [0.2, 0.25) is 5.91 Å². The Labute approximate surface area is 455 Å². The van der Waals surface area contributed by atoms with Crippen molar-refractivity contribution in [3.05, 3.63) is 48.6 Å². The lowest BCUT2D eigenvalue weighted by atomic mass is 10.0. The average molecular weight is 1020 g/mol. The number of aliphatic hydroxyl groups is 2. The average Bonchev–Trinajstić information content (AvgIpc) is 3.39. The first-order chi connectivity index (χ1) is 36.0. The Kier molecular flexibility index (Phi) is 60.5. The summed E-state index contributed by atoms with van der Waals surface area (Å²) in [6.45, 7) is 4.86. The molecule has 0 aromatic heterocycles. The molecule has 6 heteroatoms. The lowest BCUT2D eigenvalue weighted by Gasteiger charge is -2.20. The van der Waals surface area contributed by atoms with Crippen LogP contribution in [-0.4, -0.2) is 47.4 Å². The van der Waals surface area contributed by atoms with Gasteiger partial charge in [0.1, 0.15) is 0 Å². The van der Waals surface area contributed by atoms with E-state index in [4.69, 9.17) is 4.74 Å². The molecule has 0 saturated carbocycles. The van der Waals surface area contributed by atoms with Crippen molar-refractivity contribution in [2.75, 3.05) is 13.2 Å². The summed E-state index contributed by atoms with van der Waals surface area (Å²) in [4.78, 5) is 24.6. The lowest BCUT2D eigenvalue weighted by molar-refractivity contribution is -0.143. The Morgan fingerprint density at radius 1 is 0.384 bits per heavy atom. The predicted octanol–water partition coefficient (Wildman–Crippen LogP) is 20.5. The van der Waals surface area contributed by atoms with Gasteiger partial charge in [-0.15, -0.1) is 0 Å². The highest BCUT2D eigenvalue weighted by Crippen LogP contribution is 2.17. The quantitative estimate of drug-likeness (QED) is 0.0320. The van der Waals surface area contributed by atoms with Gasteiger partial charge in [0, 0.05) is 12.8 Å². The molecule has 73 heavy (non-hydrogen) atoms. The first-order valence-corrected chi connectivity index (χ1v) is 32.4. The van der Waals surface area contributed by atoms with Crippen molar-refractivity contribution in [3.8, 4) is 0 Å². The number of amides is 1. The van der Waals surface area contributed by atoms with Crippen LogP contribution in [-0.2, 0) is 14.3 Å². The van der Waals surface area contributed by atoms with Crippen molar-refractivity contribution in [3.63, 3.8) is 0 Å². The van der Waals surface area contributed by atoms with E-state index < -0.39 is 12.1 Å². The Morgan fingerprint density at radius 2 is 0.699 bits per heavy atom. The molecule has 0 saturated heterocycles. The minimum Gasteiger partial charge on any atom is -0.466 e. The number of ether oxygens (including phenoxy) is 1. The van der Waals surface area contributed by atoms with Gasteiger partial charge in [-0.3, -0.25) is 9.59 Å². The third kappa shape index (κ3) is 58.9. The number of carbonyl (C=O) groups is 2. The Morgan fingerprint density at radius 3 is 1.10 bits per heavy atom. The van der Waals surface area contributed by atoms with Crippen LogP contribution in [0.2, 0.25) is 0 Å². The van der Waals surface area contributed by atoms with Crippen LogP contribution >= 0.6 is 0 Å². The second kappa shape index (κ2) is 62.4. The molecule has 2 unspecified atom stereocenters. The lowest BCUT2D eigenvalue weighted by Crippen LogP contribution is -2.45. The fourth-order valence-electron chi connectivity index (χ4n) is 9.82. The summed E-state index contributed by atoms with van der Waals surface area (Å²) in [5, 5.41) is 23.2. The van der Waals surface area contributed by atoms with E-state index >= 15 is 0 Å². The summed E-state index contributed by atoms with van der Waals surface area (Å²) in [5.74, 6) is -0.0926. The standard InChI is InChI=1S/C67H125NO5/c1-3-5-7-9-11-13-15-17-19-20-21-22-23-24-25-26-29-32-35-39-43-47-51-55-59-65(70)64(63-69)68-66(71)60-56-52-48-44-40-36-33-30-27-28-31-34-38-42-46-50-54-58-62-73-67(72)61-57-53-49-45-41-37-18-16-14-12-10-8-6-4-2/h10,12,16,18,30,33,55,59,64-65,69-70H,3-9,11,13-15,17,19-29,31-32,34-54,56-58,60-63H2,1-2H3,(H,68,71)/b12-10-,18-16-,33-30-,59-55+. The first kappa shape index (κ1) is 70.8. The summed E-state index contributed by atoms with van der Waals surface area (Å²) in [5.41, 5.74) is 0. The minimum atomic E-state index is -0.856. The highest BCUT2D eigenvalue weighted by Gasteiger charge is 2.18. The van der Waals surface area contributed by atoms with E-state index in [1.54, 1.807) is 6.08 Å². The van der Waals surface area contributed by atoms with Crippen LogP contribution in [0.25, 0.3) is 0 Å². The van der Waals surface area contributed by atoms with Crippen molar-refractivity contribution in [1.82, 2.24) is 5.32 Å². The Balaban J connectivity index is 3.49. The molecule has 0 aliphatic heterocycles. The summed E-state index contributed by atoms with van der Waals surface area (Å²) in [6.07, 6.45) is 80.1. The number of allylic oxidation sites excluding steroid dienone is 7. The largest absolute Gasteiger partial charge is 0.466 e. The fraction of sp³-hybridized carbons (Fsp3) is 0.851. The molecule has 6 nitrogen and oxygen atoms in total. The Hall–Kier alpha value is -2.18. The summed E-state index contributed by atoms with van der Waals surface area (Å²) in [6, 6.07) is -0.641. The maximum Gasteiger partial charge on any atom is 0.305 e. The zero-order valence-corrected chi connectivity index (χ0v) is 48.9. The van der Waals surface area contributed by atoms with Crippen LogP contribution in [0, 0.1) is 0 Å². The molecule has 0 aliphatic rings. The van der Waals surface area contributed by atoms with Crippen molar-refractivity contribution in [2.45, 2.75) is 353 Å². The number of nitrogens with one attached hydrogen (secondary N) is 1. The topological polar surface area (TPSA) is 95.9 Å². The van der Waals surface area contributed by atoms with Crippen LogP contribution in [0.4, 0.5) is 0 Å². The number of esters is 1. The maximum absolute atomic E-state index is 12.5. The SMILES string of the molecule is CCCC/C=C\C/C=C\CCCCCCCC(=O)OCCCCCCCCCCC/C=C\CCCCCCCC(=O)NC(CO)C(O)/C=C/CCCCCCCCCCCCCCCCCCCCCCCC. The monoisotopic (exact) mass is 1020 g/mol. The summed E-state index contributed by atoms with van der Waals surface area (Å²) < 4.78 is 5.47. The van der Waals surface area contributed by atoms with Crippen LogP contribution < -0.4 is 5.32 Å². The molecule has 428 valence electrons. The molecule has 0 spiro atoms. The van der Waals surface area contributed by atoms with Crippen LogP contribution in [0.1, 0.15) is 341 Å². The minimum absolute atomic E-state index is 0.0124. The van der Waals surface area contributed by atoms with Crippen molar-refractivity contribution in [2.24, 2.45) is 0 Å². The van der Waals surface area contributed by atoms with Gasteiger partial charge in [0.05, 0.1) is 25.4 Å².